The summed E-state index contributed by atoms with van der Waals surface area (Å²) in [4.78, 5) is 43.0. The Bertz CT molecular complexity index is 1120. The second-order valence-electron chi connectivity index (χ2n) is 9.88. The third-order valence-electron chi connectivity index (χ3n) is 6.38. The maximum atomic E-state index is 13.2. The van der Waals surface area contributed by atoms with E-state index in [1.165, 1.54) is 0 Å². The molecule has 3 amide bonds. The molecule has 0 radical (unpaired) electrons. The quantitative estimate of drug-likeness (QED) is 0.666. The second-order valence-corrected chi connectivity index (χ2v) is 9.88. The van der Waals surface area contributed by atoms with Crippen molar-refractivity contribution >= 4 is 23.6 Å². The van der Waals surface area contributed by atoms with E-state index in [0.29, 0.717) is 50.6 Å². The number of rotatable bonds is 4. The fourth-order valence-electron chi connectivity index (χ4n) is 4.32. The molecule has 2 aliphatic rings. The summed E-state index contributed by atoms with van der Waals surface area (Å²) in [5.41, 5.74) is 3.23. The van der Waals surface area contributed by atoms with Crippen molar-refractivity contribution in [2.75, 3.05) is 44.3 Å². The number of amides is 3. The molecule has 0 aromatic heterocycles. The van der Waals surface area contributed by atoms with Crippen LogP contribution in [-0.2, 0) is 21.5 Å². The van der Waals surface area contributed by atoms with Gasteiger partial charge in [-0.1, -0.05) is 39.0 Å². The van der Waals surface area contributed by atoms with Crippen molar-refractivity contribution in [3.05, 3.63) is 59.2 Å². The minimum Gasteiger partial charge on any atom is -0.482 e. The van der Waals surface area contributed by atoms with Crippen molar-refractivity contribution in [1.29, 1.82) is 0 Å². The van der Waals surface area contributed by atoms with Crippen molar-refractivity contribution in [3.8, 4) is 5.75 Å². The van der Waals surface area contributed by atoms with Gasteiger partial charge in [-0.2, -0.15) is 0 Å². The molecule has 4 rings (SSSR count). The van der Waals surface area contributed by atoms with Gasteiger partial charge in [0.05, 0.1) is 18.8 Å². The van der Waals surface area contributed by atoms with Crippen molar-refractivity contribution in [2.24, 2.45) is 0 Å². The van der Waals surface area contributed by atoms with E-state index in [1.807, 2.05) is 36.4 Å². The first-order valence-electron chi connectivity index (χ1n) is 12.0. The highest BCUT2D eigenvalue weighted by Gasteiger charge is 2.29. The van der Waals surface area contributed by atoms with Crippen LogP contribution in [-0.4, -0.2) is 67.1 Å². The van der Waals surface area contributed by atoms with Crippen LogP contribution in [0.4, 0.5) is 10.5 Å². The fourth-order valence-corrected chi connectivity index (χ4v) is 4.32. The lowest BCUT2D eigenvalue weighted by Crippen LogP contribution is -2.50. The van der Waals surface area contributed by atoms with Crippen LogP contribution in [0.15, 0.2) is 42.5 Å². The fraction of sp³-hybridized carbons (Fsp3) is 0.444. The molecule has 35 heavy (non-hydrogen) atoms. The molecule has 1 saturated heterocycles. The first-order valence-corrected chi connectivity index (χ1v) is 12.0. The molecule has 2 aromatic rings. The van der Waals surface area contributed by atoms with Crippen LogP contribution in [0.2, 0.25) is 0 Å². The normalized spacial score (nSPS) is 16.0. The van der Waals surface area contributed by atoms with Crippen molar-refractivity contribution < 1.29 is 23.9 Å². The van der Waals surface area contributed by atoms with Gasteiger partial charge < -0.3 is 24.2 Å². The van der Waals surface area contributed by atoms with Crippen LogP contribution in [0.3, 0.4) is 0 Å². The maximum absolute atomic E-state index is 13.2. The van der Waals surface area contributed by atoms with Gasteiger partial charge in [0.25, 0.3) is 11.8 Å². The Morgan fingerprint density at radius 2 is 1.71 bits per heavy atom. The topological polar surface area (TPSA) is 79.4 Å². The van der Waals surface area contributed by atoms with Crippen LogP contribution in [0.5, 0.6) is 5.75 Å². The molecular formula is C27H33N3O5. The largest absolute Gasteiger partial charge is 0.482 e. The highest BCUT2D eigenvalue weighted by Crippen LogP contribution is 2.37. The second kappa shape index (κ2) is 9.98. The maximum Gasteiger partial charge on any atom is 0.409 e. The number of piperazine rings is 1. The minimum absolute atomic E-state index is 0.00870. The van der Waals surface area contributed by atoms with E-state index >= 15 is 0 Å². The summed E-state index contributed by atoms with van der Waals surface area (Å²) in [6, 6.07) is 13.4. The minimum atomic E-state index is -0.341. The lowest BCUT2D eigenvalue weighted by Gasteiger charge is -2.34. The average molecular weight is 480 g/mol. The molecule has 8 heteroatoms. The highest BCUT2D eigenvalue weighted by molar-refractivity contribution is 5.98. The van der Waals surface area contributed by atoms with E-state index in [-0.39, 0.29) is 29.9 Å². The molecule has 0 N–H and O–H groups in total. The number of ether oxygens (including phenoxy) is 2. The van der Waals surface area contributed by atoms with Gasteiger partial charge in [0.1, 0.15) is 5.75 Å². The number of fused-ring (bicyclic) bond motifs is 1. The molecular weight excluding hydrogens is 446 g/mol. The molecule has 0 saturated carbocycles. The third-order valence-corrected chi connectivity index (χ3v) is 6.38. The number of hydrogen-bond donors (Lipinski definition) is 0. The smallest absolute Gasteiger partial charge is 0.409 e. The Morgan fingerprint density at radius 3 is 2.40 bits per heavy atom. The van der Waals surface area contributed by atoms with Gasteiger partial charge in [0.2, 0.25) is 0 Å². The molecule has 0 aliphatic carbocycles. The number of benzene rings is 2. The summed E-state index contributed by atoms with van der Waals surface area (Å²) < 4.78 is 10.7. The predicted molar refractivity (Wildman–Crippen MR) is 133 cm³/mol. The van der Waals surface area contributed by atoms with E-state index in [1.54, 1.807) is 27.7 Å². The van der Waals surface area contributed by atoms with Gasteiger partial charge in [-0.3, -0.25) is 9.59 Å². The van der Waals surface area contributed by atoms with Crippen molar-refractivity contribution in [3.63, 3.8) is 0 Å². The predicted octanol–water partition coefficient (Wildman–Crippen LogP) is 3.82. The molecule has 0 spiro atoms. The Balaban J connectivity index is 1.49. The summed E-state index contributed by atoms with van der Waals surface area (Å²) >= 11 is 0. The van der Waals surface area contributed by atoms with E-state index in [4.69, 9.17) is 9.47 Å². The zero-order chi connectivity index (χ0) is 25.2. The Labute approximate surface area is 206 Å². The van der Waals surface area contributed by atoms with Crippen LogP contribution in [0, 0.1) is 0 Å². The van der Waals surface area contributed by atoms with E-state index in [0.717, 1.165) is 16.8 Å². The van der Waals surface area contributed by atoms with E-state index in [2.05, 4.69) is 20.8 Å². The SMILES string of the molecule is CCOC(=O)N1CCN(C(=O)c2cccc(CN3C(=O)COc4ccc(C(C)(C)C)cc43)c2)CC1. The van der Waals surface area contributed by atoms with E-state index < -0.39 is 0 Å². The van der Waals surface area contributed by atoms with Crippen LogP contribution in [0.25, 0.3) is 0 Å². The Hall–Kier alpha value is -3.55. The van der Waals surface area contributed by atoms with Crippen molar-refractivity contribution in [2.45, 2.75) is 39.7 Å². The number of carbonyl (C=O) groups excluding carboxylic acids is 3. The monoisotopic (exact) mass is 479 g/mol. The number of hydrogen-bond acceptors (Lipinski definition) is 5. The lowest BCUT2D eigenvalue weighted by atomic mass is 9.86. The first kappa shape index (κ1) is 24.6. The standard InChI is InChI=1S/C27H33N3O5/c1-5-34-26(33)29-13-11-28(12-14-29)25(32)20-8-6-7-19(15-20)17-30-22-16-21(27(2,3)4)9-10-23(22)35-18-24(30)31/h6-10,15-16H,5,11-14,17-18H2,1-4H3. The number of carbonyl (C=O) groups is 3. The summed E-state index contributed by atoms with van der Waals surface area (Å²) in [7, 11) is 0. The number of nitrogens with zero attached hydrogens (tertiary/aromatic N) is 3. The van der Waals surface area contributed by atoms with Crippen LogP contribution >= 0.6 is 0 Å². The molecule has 8 nitrogen and oxygen atoms in total. The summed E-state index contributed by atoms with van der Waals surface area (Å²) in [5.74, 6) is 0.485. The molecule has 0 bridgehead atoms. The van der Waals surface area contributed by atoms with E-state index in [9.17, 15) is 14.4 Å². The van der Waals surface area contributed by atoms with Crippen LogP contribution in [0.1, 0.15) is 49.2 Å². The van der Waals surface area contributed by atoms with Gasteiger partial charge in [0, 0.05) is 31.7 Å². The van der Waals surface area contributed by atoms with Gasteiger partial charge in [-0.05, 0) is 47.7 Å². The molecule has 2 heterocycles. The third kappa shape index (κ3) is 5.42. The average Bonchev–Trinajstić information content (AvgIpc) is 2.85. The zero-order valence-electron chi connectivity index (χ0n) is 20.9. The van der Waals surface area contributed by atoms with Crippen molar-refractivity contribution in [1.82, 2.24) is 9.80 Å². The Morgan fingerprint density at radius 1 is 1.00 bits per heavy atom. The zero-order valence-corrected chi connectivity index (χ0v) is 20.9. The lowest BCUT2D eigenvalue weighted by molar-refractivity contribution is -0.121. The number of anilines is 1. The highest BCUT2D eigenvalue weighted by atomic mass is 16.6. The molecule has 2 aliphatic heterocycles. The van der Waals surface area contributed by atoms with Gasteiger partial charge in [0.15, 0.2) is 6.61 Å². The molecule has 186 valence electrons. The molecule has 1 fully saturated rings. The first-order chi connectivity index (χ1) is 16.7. The van der Waals surface area contributed by atoms with Crippen LogP contribution < -0.4 is 9.64 Å². The van der Waals surface area contributed by atoms with Gasteiger partial charge >= 0.3 is 6.09 Å². The molecule has 0 atom stereocenters. The van der Waals surface area contributed by atoms with Gasteiger partial charge in [-0.15, -0.1) is 0 Å². The summed E-state index contributed by atoms with van der Waals surface area (Å²) in [6.07, 6.45) is -0.341. The van der Waals surface area contributed by atoms with Gasteiger partial charge in [-0.25, -0.2) is 4.79 Å². The molecule has 2 aromatic carbocycles. The molecule has 0 unspecified atom stereocenters. The summed E-state index contributed by atoms with van der Waals surface area (Å²) in [5, 5.41) is 0. The Kier molecular flexibility index (Phi) is 7.00. The summed E-state index contributed by atoms with van der Waals surface area (Å²) in [6.45, 7) is 10.6.